The van der Waals surface area contributed by atoms with Gasteiger partial charge in [-0.1, -0.05) is 13.0 Å². The van der Waals surface area contributed by atoms with Crippen LogP contribution in [0.1, 0.15) is 30.1 Å². The molecule has 0 bridgehead atoms. The number of rotatable bonds is 6. The van der Waals surface area contributed by atoms with Crippen molar-refractivity contribution in [1.82, 2.24) is 5.32 Å². The van der Waals surface area contributed by atoms with Crippen LogP contribution >= 0.6 is 0 Å². The van der Waals surface area contributed by atoms with E-state index in [0.717, 1.165) is 12.8 Å². The first-order valence-corrected chi connectivity index (χ1v) is 6.05. The SMILES string of the molecule is CC(CN)CCCNC(=O)c1cccc(O)c1O. The Hall–Kier alpha value is -1.75. The third-order valence-corrected chi connectivity index (χ3v) is 2.82. The molecule has 0 radical (unpaired) electrons. The van der Waals surface area contributed by atoms with Crippen LogP contribution in [0.4, 0.5) is 0 Å². The Balaban J connectivity index is 2.44. The highest BCUT2D eigenvalue weighted by atomic mass is 16.3. The molecule has 0 aliphatic carbocycles. The summed E-state index contributed by atoms with van der Waals surface area (Å²) in [5.74, 6) is -0.621. The number of carbonyl (C=O) groups excluding carboxylic acids is 1. The normalized spacial score (nSPS) is 12.1. The largest absolute Gasteiger partial charge is 0.504 e. The number of para-hydroxylation sites is 1. The predicted molar refractivity (Wildman–Crippen MR) is 69.6 cm³/mol. The van der Waals surface area contributed by atoms with Gasteiger partial charge in [-0.05, 0) is 37.4 Å². The molecular weight excluding hydrogens is 232 g/mol. The Bertz CT molecular complexity index is 407. The lowest BCUT2D eigenvalue weighted by Gasteiger charge is -2.10. The predicted octanol–water partition coefficient (Wildman–Crippen LogP) is 1.20. The molecule has 1 atom stereocenters. The van der Waals surface area contributed by atoms with Gasteiger partial charge in [0.2, 0.25) is 0 Å². The highest BCUT2D eigenvalue weighted by molar-refractivity contribution is 5.97. The fourth-order valence-electron chi connectivity index (χ4n) is 1.58. The van der Waals surface area contributed by atoms with Crippen molar-refractivity contribution < 1.29 is 15.0 Å². The average molecular weight is 252 g/mol. The van der Waals surface area contributed by atoms with Crippen LogP contribution in [0.25, 0.3) is 0 Å². The van der Waals surface area contributed by atoms with E-state index in [1.165, 1.54) is 18.2 Å². The number of phenolic OH excluding ortho intramolecular Hbond substituents is 2. The van der Waals surface area contributed by atoms with E-state index in [4.69, 9.17) is 5.73 Å². The van der Waals surface area contributed by atoms with Crippen molar-refractivity contribution in [2.45, 2.75) is 19.8 Å². The Kier molecular flexibility index (Phi) is 5.45. The highest BCUT2D eigenvalue weighted by Gasteiger charge is 2.13. The molecule has 1 aromatic carbocycles. The fraction of sp³-hybridized carbons (Fsp3) is 0.462. The smallest absolute Gasteiger partial charge is 0.255 e. The average Bonchev–Trinajstić information content (AvgIpc) is 2.37. The van der Waals surface area contributed by atoms with Crippen LogP contribution in [0.15, 0.2) is 18.2 Å². The first-order chi connectivity index (χ1) is 8.56. The maximum Gasteiger partial charge on any atom is 0.255 e. The van der Waals surface area contributed by atoms with Gasteiger partial charge < -0.3 is 21.3 Å². The minimum Gasteiger partial charge on any atom is -0.504 e. The van der Waals surface area contributed by atoms with Crippen LogP contribution in [-0.4, -0.2) is 29.2 Å². The number of aromatic hydroxyl groups is 2. The quantitative estimate of drug-likeness (QED) is 0.452. The fourth-order valence-corrected chi connectivity index (χ4v) is 1.58. The second-order valence-electron chi connectivity index (χ2n) is 4.41. The molecule has 1 unspecified atom stereocenters. The summed E-state index contributed by atoms with van der Waals surface area (Å²) in [6.45, 7) is 3.22. The van der Waals surface area contributed by atoms with Crippen LogP contribution in [0.2, 0.25) is 0 Å². The summed E-state index contributed by atoms with van der Waals surface area (Å²) in [5.41, 5.74) is 5.58. The molecule has 18 heavy (non-hydrogen) atoms. The standard InChI is InChI=1S/C13H20N2O3/c1-9(8-14)4-3-7-15-13(18)10-5-2-6-11(16)12(10)17/h2,5-6,9,16-17H,3-4,7-8,14H2,1H3,(H,15,18). The van der Waals surface area contributed by atoms with E-state index in [1.54, 1.807) is 0 Å². The van der Waals surface area contributed by atoms with E-state index in [0.29, 0.717) is 19.0 Å². The van der Waals surface area contributed by atoms with E-state index in [1.807, 2.05) is 0 Å². The van der Waals surface area contributed by atoms with Gasteiger partial charge in [0.15, 0.2) is 11.5 Å². The highest BCUT2D eigenvalue weighted by Crippen LogP contribution is 2.27. The Morgan fingerprint density at radius 2 is 2.17 bits per heavy atom. The molecule has 1 aromatic rings. The second-order valence-corrected chi connectivity index (χ2v) is 4.41. The Morgan fingerprint density at radius 1 is 1.44 bits per heavy atom. The van der Waals surface area contributed by atoms with Crippen LogP contribution in [-0.2, 0) is 0 Å². The number of carbonyl (C=O) groups is 1. The molecule has 0 aliphatic rings. The number of hydrogen-bond acceptors (Lipinski definition) is 4. The van der Waals surface area contributed by atoms with Crippen molar-refractivity contribution in [1.29, 1.82) is 0 Å². The molecule has 1 amide bonds. The Labute approximate surface area is 107 Å². The lowest BCUT2D eigenvalue weighted by molar-refractivity contribution is 0.0949. The Morgan fingerprint density at radius 3 is 2.83 bits per heavy atom. The zero-order chi connectivity index (χ0) is 13.5. The van der Waals surface area contributed by atoms with Crippen LogP contribution in [0.3, 0.4) is 0 Å². The molecule has 0 fully saturated rings. The van der Waals surface area contributed by atoms with Crippen molar-refractivity contribution in [3.05, 3.63) is 23.8 Å². The number of nitrogens with one attached hydrogen (secondary N) is 1. The molecule has 5 N–H and O–H groups in total. The van der Waals surface area contributed by atoms with Crippen molar-refractivity contribution in [3.63, 3.8) is 0 Å². The summed E-state index contributed by atoms with van der Waals surface area (Å²) in [7, 11) is 0. The number of hydrogen-bond donors (Lipinski definition) is 4. The first-order valence-electron chi connectivity index (χ1n) is 6.05. The van der Waals surface area contributed by atoms with E-state index < -0.39 is 0 Å². The van der Waals surface area contributed by atoms with Gasteiger partial charge in [-0.25, -0.2) is 0 Å². The van der Waals surface area contributed by atoms with Crippen molar-refractivity contribution in [2.75, 3.05) is 13.1 Å². The number of phenols is 2. The summed E-state index contributed by atoms with van der Waals surface area (Å²) in [4.78, 5) is 11.7. The zero-order valence-electron chi connectivity index (χ0n) is 10.5. The number of nitrogens with two attached hydrogens (primary N) is 1. The summed E-state index contributed by atoms with van der Waals surface area (Å²) >= 11 is 0. The molecule has 0 saturated heterocycles. The molecule has 5 heteroatoms. The molecular formula is C13H20N2O3. The maximum atomic E-state index is 11.7. The van der Waals surface area contributed by atoms with Gasteiger partial charge in [0.25, 0.3) is 5.91 Å². The van der Waals surface area contributed by atoms with Crippen LogP contribution in [0.5, 0.6) is 11.5 Å². The van der Waals surface area contributed by atoms with E-state index in [2.05, 4.69) is 12.2 Å². The van der Waals surface area contributed by atoms with Crippen molar-refractivity contribution in [2.24, 2.45) is 11.7 Å². The van der Waals surface area contributed by atoms with Gasteiger partial charge in [-0.3, -0.25) is 4.79 Å². The van der Waals surface area contributed by atoms with Gasteiger partial charge in [0.05, 0.1) is 5.56 Å². The molecule has 5 nitrogen and oxygen atoms in total. The third kappa shape index (κ3) is 3.92. The minimum atomic E-state index is -0.385. The van der Waals surface area contributed by atoms with Gasteiger partial charge in [0.1, 0.15) is 0 Å². The lowest BCUT2D eigenvalue weighted by Crippen LogP contribution is -2.25. The third-order valence-electron chi connectivity index (χ3n) is 2.82. The zero-order valence-corrected chi connectivity index (χ0v) is 10.5. The topological polar surface area (TPSA) is 95.6 Å². The summed E-state index contributed by atoms with van der Waals surface area (Å²) in [5, 5.41) is 21.5. The molecule has 100 valence electrons. The maximum absolute atomic E-state index is 11.7. The van der Waals surface area contributed by atoms with Gasteiger partial charge in [-0.2, -0.15) is 0 Å². The summed E-state index contributed by atoms with van der Waals surface area (Å²) in [6.07, 6.45) is 1.78. The van der Waals surface area contributed by atoms with Gasteiger partial charge in [-0.15, -0.1) is 0 Å². The van der Waals surface area contributed by atoms with Crippen molar-refractivity contribution >= 4 is 5.91 Å². The lowest BCUT2D eigenvalue weighted by atomic mass is 10.1. The molecule has 0 saturated carbocycles. The molecule has 0 aliphatic heterocycles. The second kappa shape index (κ2) is 6.86. The van der Waals surface area contributed by atoms with Crippen molar-refractivity contribution in [3.8, 4) is 11.5 Å². The molecule has 0 heterocycles. The van der Waals surface area contributed by atoms with Crippen LogP contribution < -0.4 is 11.1 Å². The van der Waals surface area contributed by atoms with Gasteiger partial charge >= 0.3 is 0 Å². The monoisotopic (exact) mass is 252 g/mol. The molecule has 0 aromatic heterocycles. The first kappa shape index (κ1) is 14.3. The molecule has 1 rings (SSSR count). The summed E-state index contributed by atoms with van der Waals surface area (Å²) in [6, 6.07) is 4.31. The van der Waals surface area contributed by atoms with E-state index in [-0.39, 0.29) is 23.0 Å². The molecule has 0 spiro atoms. The number of benzene rings is 1. The van der Waals surface area contributed by atoms with Gasteiger partial charge in [0, 0.05) is 6.54 Å². The van der Waals surface area contributed by atoms with E-state index >= 15 is 0 Å². The minimum absolute atomic E-state index is 0.0851. The number of amides is 1. The van der Waals surface area contributed by atoms with Crippen LogP contribution in [0, 0.1) is 5.92 Å². The van der Waals surface area contributed by atoms with E-state index in [9.17, 15) is 15.0 Å². The summed E-state index contributed by atoms with van der Waals surface area (Å²) < 4.78 is 0.